The molecule has 29 heavy (non-hydrogen) atoms. The summed E-state index contributed by atoms with van der Waals surface area (Å²) in [6.07, 6.45) is 3.98. The molecule has 0 aromatic heterocycles. The number of carbonyl (C=O) groups is 3. The van der Waals surface area contributed by atoms with Crippen LogP contribution in [0.25, 0.3) is 0 Å². The Morgan fingerprint density at radius 1 is 1.00 bits per heavy atom. The van der Waals surface area contributed by atoms with E-state index in [9.17, 15) is 14.4 Å². The van der Waals surface area contributed by atoms with Gasteiger partial charge in [0.2, 0.25) is 0 Å². The molecule has 0 saturated carbocycles. The van der Waals surface area contributed by atoms with Crippen molar-refractivity contribution in [3.8, 4) is 0 Å². The van der Waals surface area contributed by atoms with E-state index in [2.05, 4.69) is 22.9 Å². The number of hydrogen-bond donors (Lipinski definition) is 0. The average Bonchev–Trinajstić information content (AvgIpc) is 2.92. The standard InChI is InChI=1S/C21H18BrCl2NO4/c1-2-3-4-5-8-29-21(28)12-6-7-15(22)18(9-12)25-19(26)13-10-16(23)17(24)11-14(13)20(25)27/h6-7,9-11H,2-5,8H2,1H3. The zero-order valence-corrected chi connectivity index (χ0v) is 18.7. The Kier molecular flexibility index (Phi) is 6.98. The first-order chi connectivity index (χ1) is 13.8. The van der Waals surface area contributed by atoms with Crippen LogP contribution in [0.5, 0.6) is 0 Å². The lowest BCUT2D eigenvalue weighted by Crippen LogP contribution is -2.30. The number of imide groups is 1. The third kappa shape index (κ3) is 4.49. The molecule has 0 bridgehead atoms. The summed E-state index contributed by atoms with van der Waals surface area (Å²) < 4.78 is 5.79. The summed E-state index contributed by atoms with van der Waals surface area (Å²) >= 11 is 15.3. The van der Waals surface area contributed by atoms with E-state index in [0.29, 0.717) is 11.1 Å². The summed E-state index contributed by atoms with van der Waals surface area (Å²) in [4.78, 5) is 39.1. The lowest BCUT2D eigenvalue weighted by molar-refractivity contribution is 0.0497. The second-order valence-corrected chi connectivity index (χ2v) is 8.29. The Morgan fingerprint density at radius 3 is 2.21 bits per heavy atom. The number of benzene rings is 2. The molecule has 5 nitrogen and oxygen atoms in total. The topological polar surface area (TPSA) is 63.7 Å². The second kappa shape index (κ2) is 9.28. The highest BCUT2D eigenvalue weighted by atomic mass is 79.9. The number of hydrogen-bond acceptors (Lipinski definition) is 4. The van der Waals surface area contributed by atoms with Crippen molar-refractivity contribution in [1.82, 2.24) is 0 Å². The van der Waals surface area contributed by atoms with Crippen LogP contribution >= 0.6 is 39.1 Å². The molecular formula is C21H18BrCl2NO4. The van der Waals surface area contributed by atoms with E-state index in [-0.39, 0.29) is 32.4 Å². The van der Waals surface area contributed by atoms with Gasteiger partial charge < -0.3 is 4.74 Å². The minimum Gasteiger partial charge on any atom is -0.462 e. The molecule has 8 heteroatoms. The van der Waals surface area contributed by atoms with Crippen LogP contribution in [-0.4, -0.2) is 24.4 Å². The number of amides is 2. The highest BCUT2D eigenvalue weighted by molar-refractivity contribution is 9.10. The number of nitrogens with zero attached hydrogens (tertiary/aromatic N) is 1. The number of esters is 1. The Hall–Kier alpha value is -1.89. The van der Waals surface area contributed by atoms with Gasteiger partial charge in [-0.25, -0.2) is 9.69 Å². The largest absolute Gasteiger partial charge is 0.462 e. The van der Waals surface area contributed by atoms with Crippen LogP contribution in [-0.2, 0) is 4.74 Å². The number of anilines is 1. The minimum atomic E-state index is -0.533. The molecule has 1 heterocycles. The number of ether oxygens (including phenoxy) is 1. The molecule has 0 radical (unpaired) electrons. The molecule has 0 N–H and O–H groups in total. The molecule has 0 aliphatic carbocycles. The molecule has 1 aliphatic heterocycles. The molecule has 152 valence electrons. The summed E-state index contributed by atoms with van der Waals surface area (Å²) in [7, 11) is 0. The summed E-state index contributed by atoms with van der Waals surface area (Å²) in [5.74, 6) is -1.57. The van der Waals surface area contributed by atoms with Crippen LogP contribution < -0.4 is 4.90 Å². The summed E-state index contributed by atoms with van der Waals surface area (Å²) in [5, 5.41) is 0.376. The van der Waals surface area contributed by atoms with Crippen LogP contribution in [0.1, 0.15) is 63.7 Å². The number of halogens is 3. The smallest absolute Gasteiger partial charge is 0.338 e. The molecule has 1 aliphatic rings. The summed E-state index contributed by atoms with van der Waals surface area (Å²) in [5.41, 5.74) is 0.843. The van der Waals surface area contributed by atoms with Gasteiger partial charge in [-0.2, -0.15) is 0 Å². The van der Waals surface area contributed by atoms with Crippen molar-refractivity contribution in [2.45, 2.75) is 32.6 Å². The highest BCUT2D eigenvalue weighted by Crippen LogP contribution is 2.37. The monoisotopic (exact) mass is 497 g/mol. The van der Waals surface area contributed by atoms with E-state index in [1.807, 2.05) is 0 Å². The van der Waals surface area contributed by atoms with Crippen molar-refractivity contribution in [1.29, 1.82) is 0 Å². The molecule has 3 rings (SSSR count). The Balaban J connectivity index is 1.84. The van der Waals surface area contributed by atoms with Crippen LogP contribution in [0.15, 0.2) is 34.8 Å². The van der Waals surface area contributed by atoms with Gasteiger partial charge in [0.15, 0.2) is 0 Å². The zero-order valence-electron chi connectivity index (χ0n) is 15.6. The molecule has 0 saturated heterocycles. The molecule has 2 amide bonds. The van der Waals surface area contributed by atoms with Crippen molar-refractivity contribution in [3.05, 3.63) is 61.5 Å². The molecule has 0 fully saturated rings. The minimum absolute atomic E-state index is 0.167. The lowest BCUT2D eigenvalue weighted by Gasteiger charge is -2.17. The van der Waals surface area contributed by atoms with Crippen molar-refractivity contribution in [2.75, 3.05) is 11.5 Å². The SMILES string of the molecule is CCCCCCOC(=O)c1ccc(Br)c(N2C(=O)c3cc(Cl)c(Cl)cc3C2=O)c1. The van der Waals surface area contributed by atoms with Crippen molar-refractivity contribution >= 4 is 62.6 Å². The Bertz CT molecular complexity index is 952. The fourth-order valence-electron chi connectivity index (χ4n) is 3.04. The fraction of sp³-hybridized carbons (Fsp3) is 0.286. The Morgan fingerprint density at radius 2 is 1.62 bits per heavy atom. The van der Waals surface area contributed by atoms with Gasteiger partial charge in [-0.15, -0.1) is 0 Å². The fourth-order valence-corrected chi connectivity index (χ4v) is 3.79. The predicted molar refractivity (Wildman–Crippen MR) is 116 cm³/mol. The maximum atomic E-state index is 12.8. The van der Waals surface area contributed by atoms with E-state index < -0.39 is 17.8 Å². The van der Waals surface area contributed by atoms with Crippen LogP contribution in [0.4, 0.5) is 5.69 Å². The molecular weight excluding hydrogens is 481 g/mol. The van der Waals surface area contributed by atoms with Gasteiger partial charge in [-0.3, -0.25) is 9.59 Å². The summed E-state index contributed by atoms with van der Waals surface area (Å²) in [6.45, 7) is 2.44. The summed E-state index contributed by atoms with van der Waals surface area (Å²) in [6, 6.07) is 7.40. The van der Waals surface area contributed by atoms with Gasteiger partial charge in [0, 0.05) is 4.47 Å². The van der Waals surface area contributed by atoms with E-state index in [0.717, 1.165) is 30.6 Å². The van der Waals surface area contributed by atoms with Gasteiger partial charge in [-0.05, 0) is 52.7 Å². The average molecular weight is 499 g/mol. The van der Waals surface area contributed by atoms with E-state index in [1.165, 1.54) is 18.2 Å². The van der Waals surface area contributed by atoms with Gasteiger partial charge in [0.05, 0.1) is 39.0 Å². The zero-order chi connectivity index (χ0) is 21.1. The van der Waals surface area contributed by atoms with E-state index in [1.54, 1.807) is 12.1 Å². The van der Waals surface area contributed by atoms with Crippen molar-refractivity contribution < 1.29 is 19.1 Å². The quantitative estimate of drug-likeness (QED) is 0.255. The van der Waals surface area contributed by atoms with Gasteiger partial charge in [0.25, 0.3) is 11.8 Å². The predicted octanol–water partition coefficient (Wildman–Crippen LogP) is 6.29. The lowest BCUT2D eigenvalue weighted by atomic mass is 10.1. The van der Waals surface area contributed by atoms with Crippen LogP contribution in [0, 0.1) is 0 Å². The molecule has 0 spiro atoms. The number of fused-ring (bicyclic) bond motifs is 1. The first-order valence-electron chi connectivity index (χ1n) is 9.19. The normalized spacial score (nSPS) is 13.0. The third-order valence-corrected chi connectivity index (χ3v) is 5.97. The van der Waals surface area contributed by atoms with Crippen molar-refractivity contribution in [3.63, 3.8) is 0 Å². The van der Waals surface area contributed by atoms with E-state index >= 15 is 0 Å². The number of carbonyl (C=O) groups excluding carboxylic acids is 3. The van der Waals surface area contributed by atoms with Gasteiger partial charge in [-0.1, -0.05) is 49.4 Å². The number of unbranched alkanes of at least 4 members (excludes halogenated alkanes) is 3. The highest BCUT2D eigenvalue weighted by Gasteiger charge is 2.38. The molecule has 2 aromatic rings. The number of rotatable bonds is 7. The Labute approximate surface area is 187 Å². The third-order valence-electron chi connectivity index (χ3n) is 4.58. The first-order valence-corrected chi connectivity index (χ1v) is 10.7. The molecule has 2 aromatic carbocycles. The van der Waals surface area contributed by atoms with Crippen molar-refractivity contribution in [2.24, 2.45) is 0 Å². The molecule has 0 atom stereocenters. The maximum Gasteiger partial charge on any atom is 0.338 e. The first kappa shape index (κ1) is 21.8. The van der Waals surface area contributed by atoms with Gasteiger partial charge >= 0.3 is 5.97 Å². The molecule has 0 unspecified atom stereocenters. The van der Waals surface area contributed by atoms with Crippen LogP contribution in [0.2, 0.25) is 10.0 Å². The van der Waals surface area contributed by atoms with Crippen LogP contribution in [0.3, 0.4) is 0 Å². The second-order valence-electron chi connectivity index (χ2n) is 6.62. The maximum absolute atomic E-state index is 12.8. The van der Waals surface area contributed by atoms with E-state index in [4.69, 9.17) is 27.9 Å². The van der Waals surface area contributed by atoms with Gasteiger partial charge in [0.1, 0.15) is 0 Å².